The van der Waals surface area contributed by atoms with E-state index < -0.39 is 51.8 Å². The summed E-state index contributed by atoms with van der Waals surface area (Å²) in [6.45, 7) is 2.23. The Morgan fingerprint density at radius 3 is 1.39 bits per heavy atom. The first-order valence-electron chi connectivity index (χ1n) is 23.9. The average molecular weight is 879 g/mol. The van der Waals surface area contributed by atoms with Crippen LogP contribution in [0.3, 0.4) is 0 Å². The van der Waals surface area contributed by atoms with Crippen LogP contribution in [0.4, 0.5) is 0 Å². The molecule has 0 aliphatic carbocycles. The molecule has 3 N–H and O–H groups in total. The lowest BCUT2D eigenvalue weighted by Crippen LogP contribution is -2.29. The second-order valence-electron chi connectivity index (χ2n) is 15.7. The lowest BCUT2D eigenvalue weighted by molar-refractivity contribution is -0.161. The fraction of sp³-hybridized carbons (Fsp3) is 0.720. The molecule has 0 bridgehead atoms. The first-order valence-corrected chi connectivity index (χ1v) is 25.4. The van der Waals surface area contributed by atoms with Crippen molar-refractivity contribution in [3.05, 3.63) is 72.9 Å². The summed E-state index contributed by atoms with van der Waals surface area (Å²) in [5.41, 5.74) is 0. The van der Waals surface area contributed by atoms with E-state index in [0.717, 1.165) is 70.6 Å². The van der Waals surface area contributed by atoms with Gasteiger partial charge in [-0.1, -0.05) is 170 Å². The van der Waals surface area contributed by atoms with Crippen LogP contribution in [0.2, 0.25) is 0 Å². The van der Waals surface area contributed by atoms with Crippen molar-refractivity contribution in [3.63, 3.8) is 0 Å². The molecule has 0 aliphatic heterocycles. The number of allylic oxidation sites excluding steroid dienone is 12. The Labute approximate surface area is 371 Å². The molecule has 10 nitrogen and oxygen atoms in total. The first-order chi connectivity index (χ1) is 29.7. The van der Waals surface area contributed by atoms with E-state index in [4.69, 9.17) is 23.6 Å². The van der Waals surface area contributed by atoms with E-state index in [1.807, 2.05) is 0 Å². The molecule has 0 amide bonds. The molecular formula is C50H87O10P. The summed E-state index contributed by atoms with van der Waals surface area (Å²) in [5.74, 6) is -0.967. The summed E-state index contributed by atoms with van der Waals surface area (Å²) in [4.78, 5) is 35.1. The zero-order valence-corrected chi connectivity index (χ0v) is 39.3. The van der Waals surface area contributed by atoms with Gasteiger partial charge in [-0.2, -0.15) is 0 Å². The number of ether oxygens (including phenoxy) is 2. The standard InChI is InChI=1S/C50H87O10P/c1-3-5-7-9-11-13-15-17-19-21-23-25-27-29-31-33-35-37-39-41-49(53)57-45-48(46-59-61(55,56)58-44-47(52)43-51)60-50(54)42-40-38-36-34-32-30-28-26-24-22-20-18-16-14-12-10-8-6-4-2/h6,8,12,14,17-20,24,26,30,32,47-48,51-52H,3-5,7,9-11,13,15-16,21-23,25,27-29,31,33-46H2,1-2H3,(H,55,56)/b8-6-,14-12-,19-17-,20-18-,26-24-,32-30-. The van der Waals surface area contributed by atoms with E-state index in [1.54, 1.807) is 0 Å². The van der Waals surface area contributed by atoms with Crippen LogP contribution in [0.1, 0.15) is 194 Å². The van der Waals surface area contributed by atoms with Crippen LogP contribution in [0.5, 0.6) is 0 Å². The van der Waals surface area contributed by atoms with Crippen LogP contribution in [0, 0.1) is 0 Å². The Bertz CT molecular complexity index is 1240. The Morgan fingerprint density at radius 1 is 0.508 bits per heavy atom. The SMILES string of the molecule is CC/C=C\C/C=C\C/C=C\C/C=C\C/C=C\CCCCCC(=O)OC(COC(=O)CCCCCCCCCCC/C=C\CCCCCCCC)COP(=O)(O)OCC(O)CO. The van der Waals surface area contributed by atoms with Gasteiger partial charge < -0.3 is 24.6 Å². The molecule has 0 aromatic rings. The van der Waals surface area contributed by atoms with Crippen molar-refractivity contribution in [1.29, 1.82) is 0 Å². The Kier molecular flexibility index (Phi) is 43.5. The minimum Gasteiger partial charge on any atom is -0.462 e. The molecule has 0 saturated carbocycles. The molecule has 61 heavy (non-hydrogen) atoms. The van der Waals surface area contributed by atoms with Crippen LogP contribution >= 0.6 is 7.82 Å². The lowest BCUT2D eigenvalue weighted by atomic mass is 10.1. The molecule has 0 aromatic heterocycles. The summed E-state index contributed by atoms with van der Waals surface area (Å²) in [7, 11) is -4.63. The van der Waals surface area contributed by atoms with Gasteiger partial charge in [-0.3, -0.25) is 18.6 Å². The third kappa shape index (κ3) is 45.3. The first kappa shape index (κ1) is 58.4. The monoisotopic (exact) mass is 879 g/mol. The van der Waals surface area contributed by atoms with Gasteiger partial charge in [0.25, 0.3) is 0 Å². The minimum atomic E-state index is -4.63. The normalized spacial score (nSPS) is 14.4. The van der Waals surface area contributed by atoms with Gasteiger partial charge >= 0.3 is 19.8 Å². The largest absolute Gasteiger partial charge is 0.472 e. The van der Waals surface area contributed by atoms with Crippen LogP contribution in [0.25, 0.3) is 0 Å². The summed E-state index contributed by atoms with van der Waals surface area (Å²) in [6, 6.07) is 0. The predicted molar refractivity (Wildman–Crippen MR) is 251 cm³/mol. The number of carbonyl (C=O) groups is 2. The van der Waals surface area contributed by atoms with E-state index in [9.17, 15) is 24.2 Å². The van der Waals surface area contributed by atoms with Crippen molar-refractivity contribution in [2.75, 3.05) is 26.4 Å². The van der Waals surface area contributed by atoms with Crippen LogP contribution in [0.15, 0.2) is 72.9 Å². The number of aliphatic hydroxyl groups is 2. The summed E-state index contributed by atoms with van der Waals surface area (Å²) >= 11 is 0. The number of phosphoric ester groups is 1. The number of hydrogen-bond acceptors (Lipinski definition) is 9. The molecule has 0 radical (unpaired) electrons. The lowest BCUT2D eigenvalue weighted by Gasteiger charge is -2.20. The molecule has 0 aliphatic rings. The maximum Gasteiger partial charge on any atom is 0.472 e. The molecule has 0 fully saturated rings. The topological polar surface area (TPSA) is 149 Å². The van der Waals surface area contributed by atoms with Gasteiger partial charge in [0, 0.05) is 12.8 Å². The second kappa shape index (κ2) is 45.4. The Hall–Kier alpha value is -2.59. The number of rotatable bonds is 44. The highest BCUT2D eigenvalue weighted by molar-refractivity contribution is 7.47. The van der Waals surface area contributed by atoms with Crippen molar-refractivity contribution >= 4 is 19.8 Å². The van der Waals surface area contributed by atoms with Crippen molar-refractivity contribution in [2.24, 2.45) is 0 Å². The van der Waals surface area contributed by atoms with Gasteiger partial charge in [0.2, 0.25) is 0 Å². The quantitative estimate of drug-likeness (QED) is 0.0234. The van der Waals surface area contributed by atoms with Gasteiger partial charge in [0.15, 0.2) is 6.10 Å². The van der Waals surface area contributed by atoms with Crippen LogP contribution in [-0.2, 0) is 32.7 Å². The van der Waals surface area contributed by atoms with Crippen molar-refractivity contribution in [1.82, 2.24) is 0 Å². The molecule has 11 heteroatoms. The zero-order valence-electron chi connectivity index (χ0n) is 38.4. The third-order valence-electron chi connectivity index (χ3n) is 9.84. The van der Waals surface area contributed by atoms with E-state index in [2.05, 4.69) is 86.8 Å². The Morgan fingerprint density at radius 2 is 0.902 bits per heavy atom. The van der Waals surface area contributed by atoms with Crippen LogP contribution < -0.4 is 0 Å². The average Bonchev–Trinajstić information content (AvgIpc) is 3.25. The van der Waals surface area contributed by atoms with Gasteiger partial charge in [-0.25, -0.2) is 4.57 Å². The fourth-order valence-corrected chi connectivity index (χ4v) is 6.98. The molecule has 0 rings (SSSR count). The summed E-state index contributed by atoms with van der Waals surface area (Å²) < 4.78 is 32.8. The maximum absolute atomic E-state index is 12.6. The Balaban J connectivity index is 4.30. The van der Waals surface area contributed by atoms with Crippen molar-refractivity contribution in [3.8, 4) is 0 Å². The van der Waals surface area contributed by atoms with Crippen molar-refractivity contribution in [2.45, 2.75) is 206 Å². The van der Waals surface area contributed by atoms with Gasteiger partial charge in [-0.05, 0) is 83.5 Å². The number of hydrogen-bond donors (Lipinski definition) is 3. The van der Waals surface area contributed by atoms with Crippen LogP contribution in [-0.4, -0.2) is 65.7 Å². The number of aliphatic hydroxyl groups excluding tert-OH is 2. The molecular weight excluding hydrogens is 792 g/mol. The number of carbonyl (C=O) groups excluding carboxylic acids is 2. The smallest absolute Gasteiger partial charge is 0.462 e. The highest BCUT2D eigenvalue weighted by Gasteiger charge is 2.27. The summed E-state index contributed by atoms with van der Waals surface area (Å²) in [5, 5.41) is 18.4. The molecule has 0 saturated heterocycles. The molecule has 352 valence electrons. The van der Waals surface area contributed by atoms with E-state index >= 15 is 0 Å². The zero-order chi connectivity index (χ0) is 44.8. The molecule has 3 unspecified atom stereocenters. The van der Waals surface area contributed by atoms with Gasteiger partial charge in [-0.15, -0.1) is 0 Å². The van der Waals surface area contributed by atoms with Gasteiger partial charge in [0.1, 0.15) is 12.7 Å². The highest BCUT2D eigenvalue weighted by Crippen LogP contribution is 2.43. The third-order valence-corrected chi connectivity index (χ3v) is 10.8. The number of esters is 2. The summed E-state index contributed by atoms with van der Waals surface area (Å²) in [6.07, 6.45) is 52.9. The molecule has 0 spiro atoms. The molecule has 3 atom stereocenters. The fourth-order valence-electron chi connectivity index (χ4n) is 6.19. The second-order valence-corrected chi connectivity index (χ2v) is 17.2. The van der Waals surface area contributed by atoms with Crippen molar-refractivity contribution < 1.29 is 47.8 Å². The van der Waals surface area contributed by atoms with E-state index in [-0.39, 0.29) is 19.4 Å². The van der Waals surface area contributed by atoms with Gasteiger partial charge in [0.05, 0.1) is 19.8 Å². The minimum absolute atomic E-state index is 0.142. The highest BCUT2D eigenvalue weighted by atomic mass is 31.2. The predicted octanol–water partition coefficient (Wildman–Crippen LogP) is 13.2. The molecule has 0 heterocycles. The number of phosphoric acid groups is 1. The number of unbranched alkanes of at least 4 members (excludes halogenated alkanes) is 18. The molecule has 0 aromatic carbocycles. The van der Waals surface area contributed by atoms with E-state index in [1.165, 1.54) is 83.5 Å². The maximum atomic E-state index is 12.6. The van der Waals surface area contributed by atoms with E-state index in [0.29, 0.717) is 12.8 Å².